The molecule has 0 aliphatic rings. The summed E-state index contributed by atoms with van der Waals surface area (Å²) in [6.07, 6.45) is 0. The average molecular weight is 335 g/mol. The quantitative estimate of drug-likeness (QED) is 0.664. The lowest BCUT2D eigenvalue weighted by Gasteiger charge is -2.10. The van der Waals surface area contributed by atoms with Gasteiger partial charge < -0.3 is 15.8 Å². The van der Waals surface area contributed by atoms with E-state index in [4.69, 9.17) is 10.5 Å². The van der Waals surface area contributed by atoms with Gasteiger partial charge in [-0.2, -0.15) is 0 Å². The van der Waals surface area contributed by atoms with Crippen LogP contribution >= 0.6 is 15.9 Å². The number of methoxy groups -OCH3 is 1. The summed E-state index contributed by atoms with van der Waals surface area (Å²) in [4.78, 5) is 11.6. The van der Waals surface area contributed by atoms with E-state index in [0.29, 0.717) is 17.8 Å². The normalized spacial score (nSPS) is 10.1. The molecule has 2 aromatic carbocycles. The Morgan fingerprint density at radius 2 is 2.10 bits per heavy atom. The molecule has 2 rings (SSSR count). The fourth-order valence-corrected chi connectivity index (χ4v) is 2.25. The van der Waals surface area contributed by atoms with Gasteiger partial charge in [-0.3, -0.25) is 0 Å². The van der Waals surface area contributed by atoms with Gasteiger partial charge in [0.05, 0.1) is 12.7 Å². The molecule has 0 saturated carbocycles. The highest BCUT2D eigenvalue weighted by Crippen LogP contribution is 2.20. The summed E-state index contributed by atoms with van der Waals surface area (Å²) < 4.78 is 5.73. The third-order valence-corrected chi connectivity index (χ3v) is 3.34. The second-order valence-electron chi connectivity index (χ2n) is 4.28. The lowest BCUT2D eigenvalue weighted by Crippen LogP contribution is -2.07. The molecule has 4 nitrogen and oxygen atoms in total. The number of halogens is 1. The molecule has 0 radical (unpaired) electrons. The molecule has 0 spiro atoms. The van der Waals surface area contributed by atoms with Gasteiger partial charge in [-0.15, -0.1) is 0 Å². The van der Waals surface area contributed by atoms with Crippen molar-refractivity contribution in [1.29, 1.82) is 0 Å². The zero-order valence-corrected chi connectivity index (χ0v) is 12.6. The van der Waals surface area contributed by atoms with Crippen molar-refractivity contribution in [2.45, 2.75) is 6.54 Å². The SMILES string of the molecule is COC(=O)c1cc(NCc2cccc(Br)c2)ccc1N. The smallest absolute Gasteiger partial charge is 0.340 e. The summed E-state index contributed by atoms with van der Waals surface area (Å²) >= 11 is 3.43. The summed E-state index contributed by atoms with van der Waals surface area (Å²) in [5, 5.41) is 3.25. The monoisotopic (exact) mass is 334 g/mol. The van der Waals surface area contributed by atoms with Crippen LogP contribution in [0.4, 0.5) is 11.4 Å². The van der Waals surface area contributed by atoms with E-state index >= 15 is 0 Å². The van der Waals surface area contributed by atoms with Crippen molar-refractivity contribution >= 4 is 33.3 Å². The average Bonchev–Trinajstić information content (AvgIpc) is 2.45. The Bertz CT molecular complexity index is 629. The molecule has 0 atom stereocenters. The predicted molar refractivity (Wildman–Crippen MR) is 83.7 cm³/mol. The molecule has 3 N–H and O–H groups in total. The third kappa shape index (κ3) is 3.51. The zero-order valence-electron chi connectivity index (χ0n) is 11.0. The van der Waals surface area contributed by atoms with Gasteiger partial charge in [-0.1, -0.05) is 28.1 Å². The molecule has 2 aromatic rings. The number of anilines is 2. The minimum atomic E-state index is -0.436. The molecule has 0 fully saturated rings. The highest BCUT2D eigenvalue weighted by molar-refractivity contribution is 9.10. The Morgan fingerprint density at radius 3 is 2.80 bits per heavy atom. The molecular weight excluding hydrogens is 320 g/mol. The highest BCUT2D eigenvalue weighted by Gasteiger charge is 2.10. The Kier molecular flexibility index (Phi) is 4.63. The van der Waals surface area contributed by atoms with Crippen molar-refractivity contribution < 1.29 is 9.53 Å². The number of ether oxygens (including phenoxy) is 1. The van der Waals surface area contributed by atoms with Gasteiger partial charge in [0.1, 0.15) is 0 Å². The molecule has 0 aliphatic heterocycles. The van der Waals surface area contributed by atoms with Gasteiger partial charge >= 0.3 is 5.97 Å². The van der Waals surface area contributed by atoms with Crippen LogP contribution in [0.15, 0.2) is 46.9 Å². The standard InChI is InChI=1S/C15H15BrN2O2/c1-20-15(19)13-8-12(5-6-14(13)17)18-9-10-3-2-4-11(16)7-10/h2-8,18H,9,17H2,1H3. The van der Waals surface area contributed by atoms with Crippen molar-refractivity contribution in [2.75, 3.05) is 18.2 Å². The molecule has 0 unspecified atom stereocenters. The van der Waals surface area contributed by atoms with Gasteiger partial charge in [0.25, 0.3) is 0 Å². The maximum Gasteiger partial charge on any atom is 0.340 e. The van der Waals surface area contributed by atoms with Gasteiger partial charge in [0.15, 0.2) is 0 Å². The first kappa shape index (κ1) is 14.4. The number of rotatable bonds is 4. The fourth-order valence-electron chi connectivity index (χ4n) is 1.80. The van der Waals surface area contributed by atoms with Crippen molar-refractivity contribution in [2.24, 2.45) is 0 Å². The lowest BCUT2D eigenvalue weighted by atomic mass is 10.1. The molecule has 0 bridgehead atoms. The minimum Gasteiger partial charge on any atom is -0.465 e. The van der Waals surface area contributed by atoms with Crippen LogP contribution in [-0.2, 0) is 11.3 Å². The van der Waals surface area contributed by atoms with Crippen LogP contribution in [0.1, 0.15) is 15.9 Å². The first-order chi connectivity index (χ1) is 9.60. The fraction of sp³-hybridized carbons (Fsp3) is 0.133. The number of hydrogen-bond donors (Lipinski definition) is 2. The van der Waals surface area contributed by atoms with Crippen LogP contribution in [0.2, 0.25) is 0 Å². The van der Waals surface area contributed by atoms with Crippen molar-refractivity contribution in [1.82, 2.24) is 0 Å². The number of nitrogens with two attached hydrogens (primary N) is 1. The van der Waals surface area contributed by atoms with Crippen LogP contribution in [0, 0.1) is 0 Å². The first-order valence-electron chi connectivity index (χ1n) is 6.06. The summed E-state index contributed by atoms with van der Waals surface area (Å²) in [6, 6.07) is 13.2. The molecule has 20 heavy (non-hydrogen) atoms. The van der Waals surface area contributed by atoms with Gasteiger partial charge in [0, 0.05) is 22.4 Å². The van der Waals surface area contributed by atoms with Gasteiger partial charge in [-0.05, 0) is 35.9 Å². The summed E-state index contributed by atoms with van der Waals surface area (Å²) in [7, 11) is 1.34. The lowest BCUT2D eigenvalue weighted by molar-refractivity contribution is 0.0602. The molecule has 5 heteroatoms. The largest absolute Gasteiger partial charge is 0.465 e. The number of esters is 1. The number of nitrogen functional groups attached to an aromatic ring is 1. The molecule has 0 heterocycles. The van der Waals surface area contributed by atoms with Crippen LogP contribution in [0.5, 0.6) is 0 Å². The van der Waals surface area contributed by atoms with E-state index in [0.717, 1.165) is 15.7 Å². The van der Waals surface area contributed by atoms with Gasteiger partial charge in [-0.25, -0.2) is 4.79 Å². The Labute approximate surface area is 126 Å². The highest BCUT2D eigenvalue weighted by atomic mass is 79.9. The van der Waals surface area contributed by atoms with E-state index in [1.807, 2.05) is 30.3 Å². The van der Waals surface area contributed by atoms with E-state index in [9.17, 15) is 4.79 Å². The molecule has 0 aromatic heterocycles. The summed E-state index contributed by atoms with van der Waals surface area (Å²) in [6.45, 7) is 0.657. The molecule has 0 aliphatic carbocycles. The second kappa shape index (κ2) is 6.43. The van der Waals surface area contributed by atoms with Crippen LogP contribution in [0.3, 0.4) is 0 Å². The molecular formula is C15H15BrN2O2. The van der Waals surface area contributed by atoms with E-state index in [1.165, 1.54) is 7.11 Å². The second-order valence-corrected chi connectivity index (χ2v) is 5.19. The summed E-state index contributed by atoms with van der Waals surface area (Å²) in [5.74, 6) is -0.436. The van der Waals surface area contributed by atoms with Gasteiger partial charge in [0.2, 0.25) is 0 Å². The molecule has 104 valence electrons. The van der Waals surface area contributed by atoms with Crippen molar-refractivity contribution in [3.8, 4) is 0 Å². The number of carbonyl (C=O) groups is 1. The number of nitrogens with one attached hydrogen (secondary N) is 1. The topological polar surface area (TPSA) is 64.3 Å². The number of hydrogen-bond acceptors (Lipinski definition) is 4. The Morgan fingerprint density at radius 1 is 1.30 bits per heavy atom. The minimum absolute atomic E-state index is 0.367. The number of benzene rings is 2. The Hall–Kier alpha value is -2.01. The number of carbonyl (C=O) groups excluding carboxylic acids is 1. The van der Waals surface area contributed by atoms with Crippen LogP contribution in [0.25, 0.3) is 0 Å². The maximum absolute atomic E-state index is 11.6. The molecule has 0 amide bonds. The summed E-state index contributed by atoms with van der Waals surface area (Å²) in [5.41, 5.74) is 8.49. The van der Waals surface area contributed by atoms with Crippen molar-refractivity contribution in [3.63, 3.8) is 0 Å². The predicted octanol–water partition coefficient (Wildman–Crippen LogP) is 3.43. The third-order valence-electron chi connectivity index (χ3n) is 2.84. The zero-order chi connectivity index (χ0) is 14.5. The van der Waals surface area contributed by atoms with Crippen LogP contribution < -0.4 is 11.1 Å². The Balaban J connectivity index is 2.12. The van der Waals surface area contributed by atoms with E-state index in [-0.39, 0.29) is 0 Å². The first-order valence-corrected chi connectivity index (χ1v) is 6.85. The molecule has 0 saturated heterocycles. The van der Waals surface area contributed by atoms with E-state index in [2.05, 4.69) is 21.2 Å². The van der Waals surface area contributed by atoms with E-state index in [1.54, 1.807) is 12.1 Å². The van der Waals surface area contributed by atoms with Crippen LogP contribution in [-0.4, -0.2) is 13.1 Å². The maximum atomic E-state index is 11.6. The van der Waals surface area contributed by atoms with Crippen molar-refractivity contribution in [3.05, 3.63) is 58.1 Å². The van der Waals surface area contributed by atoms with E-state index < -0.39 is 5.97 Å².